The Morgan fingerprint density at radius 3 is 2.63 bits per heavy atom. The van der Waals surface area contributed by atoms with Gasteiger partial charge in [0.1, 0.15) is 10.6 Å². The van der Waals surface area contributed by atoms with Crippen LogP contribution < -0.4 is 14.8 Å². The topological polar surface area (TPSA) is 114 Å². The van der Waals surface area contributed by atoms with E-state index in [4.69, 9.17) is 9.47 Å². The summed E-state index contributed by atoms with van der Waals surface area (Å²) in [6.45, 7) is 0.236. The minimum Gasteiger partial charge on any atom is -0.495 e. The number of methoxy groups -OCH3 is 1. The molecule has 8 nitrogen and oxygen atoms in total. The third-order valence-corrected chi connectivity index (χ3v) is 7.48. The first kappa shape index (κ1) is 23.0. The molecule has 3 rings (SSSR count). The van der Waals surface area contributed by atoms with Crippen molar-refractivity contribution < 1.29 is 27.8 Å². The van der Waals surface area contributed by atoms with E-state index in [0.717, 1.165) is 25.7 Å². The van der Waals surface area contributed by atoms with E-state index >= 15 is 0 Å². The van der Waals surface area contributed by atoms with Crippen molar-refractivity contribution in [2.24, 2.45) is 5.92 Å². The minimum absolute atomic E-state index is 0.0564. The standard InChI is InChI=1S/C21H32N2O6S/c1-28-18-8-4-5-9-20(18)30(26,27)23-17-11-10-16(29-19(17)14-24)12-13-22-21(25)15-6-2-3-7-15/h4-5,8-9,15-17,19,23-24H,2-3,6-7,10-14H2,1H3,(H,22,25)/t16-,17+,19-/m0/s1. The van der Waals surface area contributed by atoms with E-state index < -0.39 is 22.2 Å². The van der Waals surface area contributed by atoms with Crippen molar-refractivity contribution in [1.82, 2.24) is 10.0 Å². The van der Waals surface area contributed by atoms with Crippen LogP contribution in [0.3, 0.4) is 0 Å². The number of para-hydroxylation sites is 1. The van der Waals surface area contributed by atoms with Gasteiger partial charge >= 0.3 is 0 Å². The van der Waals surface area contributed by atoms with Gasteiger partial charge in [-0.05, 0) is 44.2 Å². The smallest absolute Gasteiger partial charge is 0.244 e. The third-order valence-electron chi connectivity index (χ3n) is 5.95. The average molecular weight is 441 g/mol. The molecular formula is C21H32N2O6S. The molecule has 168 valence electrons. The fourth-order valence-corrected chi connectivity index (χ4v) is 5.74. The normalized spacial score (nSPS) is 25.2. The van der Waals surface area contributed by atoms with Gasteiger partial charge in [-0.15, -0.1) is 0 Å². The molecule has 2 fully saturated rings. The Kier molecular flexibility index (Phi) is 8.10. The maximum absolute atomic E-state index is 12.8. The number of carbonyl (C=O) groups is 1. The molecule has 30 heavy (non-hydrogen) atoms. The number of aliphatic hydroxyl groups is 1. The molecular weight excluding hydrogens is 408 g/mol. The van der Waals surface area contributed by atoms with E-state index in [2.05, 4.69) is 10.0 Å². The Labute approximate surface area is 178 Å². The zero-order chi connectivity index (χ0) is 21.6. The molecule has 0 unspecified atom stereocenters. The van der Waals surface area contributed by atoms with Gasteiger partial charge in [0.15, 0.2) is 0 Å². The Hall–Kier alpha value is -1.68. The number of sulfonamides is 1. The molecule has 1 saturated heterocycles. The quantitative estimate of drug-likeness (QED) is 0.537. The summed E-state index contributed by atoms with van der Waals surface area (Å²) >= 11 is 0. The van der Waals surface area contributed by atoms with E-state index in [1.165, 1.54) is 13.2 Å². The molecule has 1 amide bonds. The molecule has 3 N–H and O–H groups in total. The van der Waals surface area contributed by atoms with Crippen LogP contribution in [0.1, 0.15) is 44.9 Å². The number of hydrogen-bond donors (Lipinski definition) is 3. The molecule has 1 heterocycles. The lowest BCUT2D eigenvalue weighted by Gasteiger charge is -2.36. The van der Waals surface area contributed by atoms with Crippen LogP contribution in [0.25, 0.3) is 0 Å². The first-order chi connectivity index (χ1) is 14.4. The summed E-state index contributed by atoms with van der Waals surface area (Å²) in [5.41, 5.74) is 0. The summed E-state index contributed by atoms with van der Waals surface area (Å²) in [5, 5.41) is 12.7. The van der Waals surface area contributed by atoms with Crippen molar-refractivity contribution in [2.75, 3.05) is 20.3 Å². The Balaban J connectivity index is 1.52. The van der Waals surface area contributed by atoms with Crippen LogP contribution in [0.2, 0.25) is 0 Å². The number of nitrogens with one attached hydrogen (secondary N) is 2. The highest BCUT2D eigenvalue weighted by Crippen LogP contribution is 2.27. The second-order valence-electron chi connectivity index (χ2n) is 8.00. The van der Waals surface area contributed by atoms with Crippen LogP contribution in [0.15, 0.2) is 29.2 Å². The van der Waals surface area contributed by atoms with Gasteiger partial charge in [-0.25, -0.2) is 13.1 Å². The summed E-state index contributed by atoms with van der Waals surface area (Å²) < 4.78 is 39.4. The predicted octanol–water partition coefficient (Wildman–Crippen LogP) is 1.58. The van der Waals surface area contributed by atoms with Gasteiger partial charge in [0.05, 0.1) is 32.0 Å². The zero-order valence-electron chi connectivity index (χ0n) is 17.4. The summed E-state index contributed by atoms with van der Waals surface area (Å²) in [5.74, 6) is 0.513. The Morgan fingerprint density at radius 2 is 1.93 bits per heavy atom. The van der Waals surface area contributed by atoms with Gasteiger partial charge in [0, 0.05) is 12.5 Å². The van der Waals surface area contributed by atoms with Crippen molar-refractivity contribution in [1.29, 1.82) is 0 Å². The fraction of sp³-hybridized carbons (Fsp3) is 0.667. The molecule has 0 bridgehead atoms. The number of rotatable bonds is 9. The van der Waals surface area contributed by atoms with Crippen LogP contribution in [-0.2, 0) is 19.6 Å². The average Bonchev–Trinajstić information content (AvgIpc) is 3.29. The lowest BCUT2D eigenvalue weighted by atomic mass is 9.98. The van der Waals surface area contributed by atoms with Gasteiger partial charge in [-0.2, -0.15) is 0 Å². The molecule has 1 aromatic rings. The number of hydrogen-bond acceptors (Lipinski definition) is 6. The van der Waals surface area contributed by atoms with Crippen LogP contribution in [0.4, 0.5) is 0 Å². The molecule has 0 radical (unpaired) electrons. The predicted molar refractivity (Wildman–Crippen MR) is 112 cm³/mol. The molecule has 1 aromatic carbocycles. The van der Waals surface area contributed by atoms with Crippen molar-refractivity contribution in [2.45, 2.75) is 68.1 Å². The van der Waals surface area contributed by atoms with Crippen molar-refractivity contribution >= 4 is 15.9 Å². The third kappa shape index (κ3) is 5.72. The molecule has 0 spiro atoms. The lowest BCUT2D eigenvalue weighted by Crippen LogP contribution is -2.51. The molecule has 1 aliphatic carbocycles. The molecule has 2 aliphatic rings. The van der Waals surface area contributed by atoms with Crippen LogP contribution in [0, 0.1) is 5.92 Å². The summed E-state index contributed by atoms with van der Waals surface area (Å²) in [4.78, 5) is 12.2. The summed E-state index contributed by atoms with van der Waals surface area (Å²) in [6.07, 6.45) is 5.23. The number of benzene rings is 1. The second kappa shape index (κ2) is 10.6. The number of amides is 1. The van der Waals surface area contributed by atoms with E-state index in [9.17, 15) is 18.3 Å². The van der Waals surface area contributed by atoms with E-state index in [1.54, 1.807) is 18.2 Å². The zero-order valence-corrected chi connectivity index (χ0v) is 18.2. The molecule has 1 aliphatic heterocycles. The molecule has 3 atom stereocenters. The van der Waals surface area contributed by atoms with Gasteiger partial charge in [0.2, 0.25) is 15.9 Å². The maximum atomic E-state index is 12.8. The maximum Gasteiger partial charge on any atom is 0.244 e. The van der Waals surface area contributed by atoms with Crippen LogP contribution in [0.5, 0.6) is 5.75 Å². The highest BCUT2D eigenvalue weighted by molar-refractivity contribution is 7.89. The Morgan fingerprint density at radius 1 is 1.20 bits per heavy atom. The van der Waals surface area contributed by atoms with Crippen molar-refractivity contribution in [3.8, 4) is 5.75 Å². The second-order valence-corrected chi connectivity index (χ2v) is 9.68. The van der Waals surface area contributed by atoms with Gasteiger partial charge in [-0.3, -0.25) is 4.79 Å². The number of carbonyl (C=O) groups excluding carboxylic acids is 1. The number of aliphatic hydroxyl groups excluding tert-OH is 1. The minimum atomic E-state index is -3.82. The van der Waals surface area contributed by atoms with E-state index in [-0.39, 0.29) is 35.2 Å². The highest BCUT2D eigenvalue weighted by atomic mass is 32.2. The molecule has 1 saturated carbocycles. The lowest BCUT2D eigenvalue weighted by molar-refractivity contribution is -0.125. The summed E-state index contributed by atoms with van der Waals surface area (Å²) in [7, 11) is -2.40. The fourth-order valence-electron chi connectivity index (χ4n) is 4.27. The van der Waals surface area contributed by atoms with Crippen LogP contribution in [-0.4, -0.2) is 57.9 Å². The van der Waals surface area contributed by atoms with E-state index in [1.807, 2.05) is 0 Å². The van der Waals surface area contributed by atoms with Crippen molar-refractivity contribution in [3.63, 3.8) is 0 Å². The van der Waals surface area contributed by atoms with Crippen LogP contribution >= 0.6 is 0 Å². The Bertz CT molecular complexity index is 809. The monoisotopic (exact) mass is 440 g/mol. The first-order valence-electron chi connectivity index (χ1n) is 10.6. The van der Waals surface area contributed by atoms with Gasteiger partial charge in [0.25, 0.3) is 0 Å². The number of ether oxygens (including phenoxy) is 2. The highest BCUT2D eigenvalue weighted by Gasteiger charge is 2.34. The van der Waals surface area contributed by atoms with Gasteiger partial charge in [-0.1, -0.05) is 25.0 Å². The largest absolute Gasteiger partial charge is 0.495 e. The van der Waals surface area contributed by atoms with Gasteiger partial charge < -0.3 is 19.9 Å². The van der Waals surface area contributed by atoms with Crippen molar-refractivity contribution in [3.05, 3.63) is 24.3 Å². The van der Waals surface area contributed by atoms with E-state index in [0.29, 0.717) is 25.8 Å². The summed E-state index contributed by atoms with van der Waals surface area (Å²) in [6, 6.07) is 5.87. The molecule has 9 heteroatoms. The molecule has 0 aromatic heterocycles. The SMILES string of the molecule is COc1ccccc1S(=O)(=O)N[C@@H]1CC[C@@H](CCNC(=O)C2CCCC2)O[C@H]1CO. The first-order valence-corrected chi connectivity index (χ1v) is 12.1.